The monoisotopic (exact) mass is 296 g/mol. The van der Waals surface area contributed by atoms with Crippen LogP contribution in [0, 0.1) is 5.82 Å². The van der Waals surface area contributed by atoms with E-state index in [9.17, 15) is 9.18 Å². The van der Waals surface area contributed by atoms with Gasteiger partial charge in [-0.3, -0.25) is 4.79 Å². The molecule has 2 N–H and O–H groups in total. The fourth-order valence-electron chi connectivity index (χ4n) is 1.65. The molecule has 1 aromatic carbocycles. The summed E-state index contributed by atoms with van der Waals surface area (Å²) in [6.07, 6.45) is 0. The fraction of sp³-hybridized carbons (Fsp3) is 0.231. The maximum Gasteiger partial charge on any atom is 0.264 e. The van der Waals surface area contributed by atoms with Crippen LogP contribution in [0.25, 0.3) is 10.1 Å². The minimum atomic E-state index is -0.315. The quantitative estimate of drug-likeness (QED) is 0.886. The molecule has 2 aromatic rings. The summed E-state index contributed by atoms with van der Waals surface area (Å²) in [5.74, 6) is -0.472. The van der Waals surface area contributed by atoms with Crippen molar-refractivity contribution in [2.45, 2.75) is 13.0 Å². The second kappa shape index (κ2) is 5.22. The number of nitrogens with two attached hydrogens (primary N) is 1. The molecule has 1 aromatic heterocycles. The van der Waals surface area contributed by atoms with Crippen molar-refractivity contribution in [3.63, 3.8) is 0 Å². The molecule has 0 fully saturated rings. The van der Waals surface area contributed by atoms with Gasteiger partial charge in [0, 0.05) is 11.7 Å². The van der Waals surface area contributed by atoms with Crippen molar-refractivity contribution in [1.82, 2.24) is 4.90 Å². The van der Waals surface area contributed by atoms with Crippen LogP contribution in [0.4, 0.5) is 4.39 Å². The lowest BCUT2D eigenvalue weighted by Crippen LogP contribution is -2.42. The summed E-state index contributed by atoms with van der Waals surface area (Å²) in [6.45, 7) is 1.77. The molecule has 0 radical (unpaired) electrons. The Kier molecular flexibility index (Phi) is 3.82. The summed E-state index contributed by atoms with van der Waals surface area (Å²) < 4.78 is 13.9. The first-order valence-corrected chi connectivity index (χ1v) is 6.88. The Morgan fingerprint density at radius 2 is 2.16 bits per heavy atom. The molecule has 1 unspecified atom stereocenters. The maximum absolute atomic E-state index is 13.1. The summed E-state index contributed by atoms with van der Waals surface area (Å²) >= 11 is 6.14. The molecular weight excluding hydrogens is 283 g/mol. The highest BCUT2D eigenvalue weighted by molar-refractivity contribution is 7.80. The van der Waals surface area contributed by atoms with E-state index in [0.717, 1.165) is 10.1 Å². The van der Waals surface area contributed by atoms with Gasteiger partial charge >= 0.3 is 0 Å². The number of carbonyl (C=O) groups is 1. The molecule has 100 valence electrons. The van der Waals surface area contributed by atoms with Crippen LogP contribution >= 0.6 is 23.6 Å². The number of thiocarbonyl (C=S) groups is 1. The highest BCUT2D eigenvalue weighted by atomic mass is 32.1. The average Bonchev–Trinajstić information content (AvgIpc) is 2.78. The molecule has 3 nitrogen and oxygen atoms in total. The van der Waals surface area contributed by atoms with Gasteiger partial charge < -0.3 is 10.6 Å². The summed E-state index contributed by atoms with van der Waals surface area (Å²) in [5, 5.41) is 0.853. The Hall–Kier alpha value is -1.53. The molecule has 2 rings (SSSR count). The molecule has 1 atom stereocenters. The van der Waals surface area contributed by atoms with Crippen molar-refractivity contribution in [2.24, 2.45) is 5.73 Å². The zero-order valence-electron chi connectivity index (χ0n) is 10.5. The van der Waals surface area contributed by atoms with Gasteiger partial charge in [-0.25, -0.2) is 4.39 Å². The van der Waals surface area contributed by atoms with Crippen LogP contribution in [-0.2, 0) is 0 Å². The largest absolute Gasteiger partial charge is 0.392 e. The molecule has 0 aliphatic heterocycles. The van der Waals surface area contributed by atoms with Crippen LogP contribution in [-0.4, -0.2) is 28.9 Å². The van der Waals surface area contributed by atoms with E-state index in [0.29, 0.717) is 4.88 Å². The molecule has 0 saturated carbocycles. The molecule has 0 saturated heterocycles. The number of thiophene rings is 1. The highest BCUT2D eigenvalue weighted by Crippen LogP contribution is 2.27. The third-order valence-corrected chi connectivity index (χ3v) is 4.43. The third kappa shape index (κ3) is 2.74. The lowest BCUT2D eigenvalue weighted by molar-refractivity contribution is 0.0784. The average molecular weight is 296 g/mol. The van der Waals surface area contributed by atoms with E-state index in [4.69, 9.17) is 18.0 Å². The van der Waals surface area contributed by atoms with Crippen molar-refractivity contribution in [1.29, 1.82) is 0 Å². The predicted octanol–water partition coefficient (Wildman–Crippen LogP) is 2.79. The Labute approximate surface area is 119 Å². The Morgan fingerprint density at radius 1 is 1.47 bits per heavy atom. The number of hydrogen-bond donors (Lipinski definition) is 1. The first-order valence-electron chi connectivity index (χ1n) is 5.65. The Balaban J connectivity index is 2.33. The van der Waals surface area contributed by atoms with Gasteiger partial charge in [0.2, 0.25) is 0 Å². The van der Waals surface area contributed by atoms with Gasteiger partial charge in [-0.05, 0) is 30.5 Å². The molecule has 1 amide bonds. The number of fused-ring (bicyclic) bond motifs is 1. The minimum absolute atomic E-state index is 0.165. The maximum atomic E-state index is 13.1. The molecule has 6 heteroatoms. The smallest absolute Gasteiger partial charge is 0.264 e. The van der Waals surface area contributed by atoms with Gasteiger partial charge in [0.05, 0.1) is 15.9 Å². The molecule has 1 heterocycles. The van der Waals surface area contributed by atoms with Crippen LogP contribution in [0.2, 0.25) is 0 Å². The van der Waals surface area contributed by atoms with Crippen LogP contribution in [0.3, 0.4) is 0 Å². The van der Waals surface area contributed by atoms with Gasteiger partial charge in [-0.2, -0.15) is 0 Å². The van der Waals surface area contributed by atoms with E-state index < -0.39 is 0 Å². The van der Waals surface area contributed by atoms with Crippen molar-refractivity contribution in [2.75, 3.05) is 7.05 Å². The van der Waals surface area contributed by atoms with Crippen molar-refractivity contribution >= 4 is 44.5 Å². The zero-order valence-corrected chi connectivity index (χ0v) is 12.1. The van der Waals surface area contributed by atoms with E-state index in [-0.39, 0.29) is 22.8 Å². The summed E-state index contributed by atoms with van der Waals surface area (Å²) in [7, 11) is 1.65. The lowest BCUT2D eigenvalue weighted by Gasteiger charge is -2.23. The van der Waals surface area contributed by atoms with E-state index in [1.165, 1.54) is 28.4 Å². The number of rotatable bonds is 3. The number of amides is 1. The van der Waals surface area contributed by atoms with Gasteiger partial charge in [0.1, 0.15) is 5.82 Å². The normalized spacial score (nSPS) is 12.4. The molecular formula is C13H13FN2OS2. The van der Waals surface area contributed by atoms with E-state index >= 15 is 0 Å². The Bertz CT molecular complexity index is 653. The van der Waals surface area contributed by atoms with Crippen LogP contribution < -0.4 is 5.73 Å². The number of likely N-dealkylation sites (N-methyl/N-ethyl adjacent to an activating group) is 1. The number of halogens is 1. The fourth-order valence-corrected chi connectivity index (χ4v) is 2.88. The topological polar surface area (TPSA) is 46.3 Å². The van der Waals surface area contributed by atoms with Gasteiger partial charge in [-0.15, -0.1) is 11.3 Å². The summed E-state index contributed by atoms with van der Waals surface area (Å²) in [5.41, 5.74) is 5.54. The number of benzene rings is 1. The lowest BCUT2D eigenvalue weighted by atomic mass is 10.2. The van der Waals surface area contributed by atoms with E-state index in [2.05, 4.69) is 0 Å². The summed E-state index contributed by atoms with van der Waals surface area (Å²) in [4.78, 5) is 14.6. The first kappa shape index (κ1) is 13.9. The number of carbonyl (C=O) groups excluding carboxylic acids is 1. The molecule has 19 heavy (non-hydrogen) atoms. The van der Waals surface area contributed by atoms with Crippen LogP contribution in [0.15, 0.2) is 24.3 Å². The standard InChI is InChI=1S/C13H13FN2OS2/c1-7(12(15)18)16(2)13(17)11-5-8-3-4-9(14)6-10(8)19-11/h3-7H,1-2H3,(H2,15,18). The van der Waals surface area contributed by atoms with Crippen molar-refractivity contribution in [3.05, 3.63) is 35.0 Å². The van der Waals surface area contributed by atoms with Crippen LogP contribution in [0.5, 0.6) is 0 Å². The predicted molar refractivity (Wildman–Crippen MR) is 80.1 cm³/mol. The SMILES string of the molecule is CC(C(N)=S)N(C)C(=O)c1cc2ccc(F)cc2s1. The summed E-state index contributed by atoms with van der Waals surface area (Å²) in [6, 6.07) is 5.90. The zero-order chi connectivity index (χ0) is 14.2. The van der Waals surface area contributed by atoms with E-state index in [1.807, 2.05) is 0 Å². The van der Waals surface area contributed by atoms with Gasteiger partial charge in [-0.1, -0.05) is 18.3 Å². The second-order valence-corrected chi connectivity index (χ2v) is 5.84. The van der Waals surface area contributed by atoms with Crippen LogP contribution in [0.1, 0.15) is 16.6 Å². The number of nitrogens with zero attached hydrogens (tertiary/aromatic N) is 1. The molecule has 0 spiro atoms. The molecule has 0 aliphatic carbocycles. The van der Waals surface area contributed by atoms with Crippen molar-refractivity contribution in [3.8, 4) is 0 Å². The van der Waals surface area contributed by atoms with Gasteiger partial charge in [0.15, 0.2) is 0 Å². The van der Waals surface area contributed by atoms with E-state index in [1.54, 1.807) is 26.1 Å². The van der Waals surface area contributed by atoms with Crippen molar-refractivity contribution < 1.29 is 9.18 Å². The molecule has 0 bridgehead atoms. The first-order chi connectivity index (χ1) is 8.90. The second-order valence-electron chi connectivity index (χ2n) is 4.29. The third-order valence-electron chi connectivity index (χ3n) is 3.01. The highest BCUT2D eigenvalue weighted by Gasteiger charge is 2.21. The van der Waals surface area contributed by atoms with Gasteiger partial charge in [0.25, 0.3) is 5.91 Å². The number of hydrogen-bond acceptors (Lipinski definition) is 3. The minimum Gasteiger partial charge on any atom is -0.392 e. The molecule has 0 aliphatic rings. The Morgan fingerprint density at radius 3 is 2.79 bits per heavy atom.